The highest BCUT2D eigenvalue weighted by Gasteiger charge is 2.17. The van der Waals surface area contributed by atoms with Gasteiger partial charge in [-0.2, -0.15) is 0 Å². The Kier molecular flexibility index (Phi) is 4.30. The van der Waals surface area contributed by atoms with Gasteiger partial charge < -0.3 is 15.3 Å². The van der Waals surface area contributed by atoms with Gasteiger partial charge in [-0.05, 0) is 30.5 Å². The van der Waals surface area contributed by atoms with Crippen LogP contribution in [-0.2, 0) is 6.54 Å². The molecule has 0 atom stereocenters. The Balaban J connectivity index is 1.77. The van der Waals surface area contributed by atoms with Crippen molar-refractivity contribution in [3.05, 3.63) is 89.6 Å². The first-order valence-electron chi connectivity index (χ1n) is 9.85. The number of nitrogens with zero attached hydrogens (tertiary/aromatic N) is 2. The summed E-state index contributed by atoms with van der Waals surface area (Å²) in [4.78, 5) is 15.8. The molecule has 0 saturated carbocycles. The van der Waals surface area contributed by atoms with Gasteiger partial charge in [0, 0.05) is 40.8 Å². The maximum Gasteiger partial charge on any atom is 0.330 e. The Labute approximate surface area is 168 Å². The van der Waals surface area contributed by atoms with E-state index in [1.54, 1.807) is 10.8 Å². The van der Waals surface area contributed by atoms with Crippen LogP contribution in [0, 0.1) is 0 Å². The summed E-state index contributed by atoms with van der Waals surface area (Å²) in [6, 6.07) is 22.5. The van der Waals surface area contributed by atoms with Crippen LogP contribution in [0.25, 0.3) is 38.6 Å². The molecule has 2 aromatic heterocycles. The molecule has 0 unspecified atom stereocenters. The molecule has 0 saturated heterocycles. The van der Waals surface area contributed by atoms with Crippen molar-refractivity contribution >= 4 is 21.7 Å². The molecule has 144 valence electrons. The quantitative estimate of drug-likeness (QED) is 0.476. The molecule has 5 aromatic rings. The fourth-order valence-corrected chi connectivity index (χ4v) is 4.11. The van der Waals surface area contributed by atoms with Crippen molar-refractivity contribution < 1.29 is 0 Å². The van der Waals surface area contributed by atoms with Gasteiger partial charge in [0.05, 0.1) is 11.4 Å². The molecule has 0 spiro atoms. The third-order valence-electron chi connectivity index (χ3n) is 5.45. The molecule has 2 heterocycles. The van der Waals surface area contributed by atoms with Gasteiger partial charge >= 0.3 is 5.69 Å². The number of hydrogen-bond acceptors (Lipinski definition) is 2. The normalized spacial score (nSPS) is 11.5. The van der Waals surface area contributed by atoms with Crippen LogP contribution in [0.15, 0.2) is 83.9 Å². The summed E-state index contributed by atoms with van der Waals surface area (Å²) in [5.41, 5.74) is 9.50. The fraction of sp³-hybridized carbons (Fsp3) is 0.125. The molecule has 3 N–H and O–H groups in total. The van der Waals surface area contributed by atoms with Crippen molar-refractivity contribution in [3.8, 4) is 16.9 Å². The minimum Gasteiger partial charge on any atom is -0.347 e. The van der Waals surface area contributed by atoms with Gasteiger partial charge in [-0.1, -0.05) is 54.6 Å². The molecular formula is C24H22N4O. The van der Waals surface area contributed by atoms with E-state index < -0.39 is 0 Å². The minimum absolute atomic E-state index is 0.143. The number of imidazole rings is 1. The zero-order valence-electron chi connectivity index (χ0n) is 16.0. The Hall–Kier alpha value is -3.57. The smallest absolute Gasteiger partial charge is 0.330 e. The number of hydrogen-bond donors (Lipinski definition) is 2. The maximum absolute atomic E-state index is 12.9. The topological polar surface area (TPSA) is 68.7 Å². The molecule has 3 aromatic carbocycles. The lowest BCUT2D eigenvalue weighted by Crippen LogP contribution is -2.16. The Morgan fingerprint density at radius 1 is 0.897 bits per heavy atom. The first kappa shape index (κ1) is 17.5. The SMILES string of the molecule is NCCCn1cc(-c2c[nH]c(=O)n2-c2cccc3ccccc23)c2ccccc21. The van der Waals surface area contributed by atoms with Gasteiger partial charge in [0.1, 0.15) is 0 Å². The van der Waals surface area contributed by atoms with E-state index >= 15 is 0 Å². The summed E-state index contributed by atoms with van der Waals surface area (Å²) >= 11 is 0. The molecule has 0 amide bonds. The summed E-state index contributed by atoms with van der Waals surface area (Å²) in [7, 11) is 0. The third-order valence-corrected chi connectivity index (χ3v) is 5.45. The van der Waals surface area contributed by atoms with Gasteiger partial charge in [-0.15, -0.1) is 0 Å². The zero-order valence-corrected chi connectivity index (χ0v) is 16.0. The molecule has 0 bridgehead atoms. The van der Waals surface area contributed by atoms with E-state index in [0.717, 1.165) is 51.6 Å². The van der Waals surface area contributed by atoms with Gasteiger partial charge in [0.25, 0.3) is 0 Å². The van der Waals surface area contributed by atoms with Crippen molar-refractivity contribution in [3.63, 3.8) is 0 Å². The highest BCUT2D eigenvalue weighted by Crippen LogP contribution is 2.32. The lowest BCUT2D eigenvalue weighted by atomic mass is 10.1. The average molecular weight is 382 g/mol. The van der Waals surface area contributed by atoms with Crippen LogP contribution in [-0.4, -0.2) is 20.7 Å². The lowest BCUT2D eigenvalue weighted by Gasteiger charge is -2.10. The van der Waals surface area contributed by atoms with Crippen molar-refractivity contribution in [1.29, 1.82) is 0 Å². The number of aryl methyl sites for hydroxylation is 1. The van der Waals surface area contributed by atoms with Crippen LogP contribution >= 0.6 is 0 Å². The standard InChI is InChI=1S/C24H22N4O/c25-13-6-14-27-16-20(19-10-3-4-11-21(19)27)23-15-26-24(29)28(23)22-12-5-8-17-7-1-2-9-18(17)22/h1-5,7-12,15-16H,6,13-14,25H2,(H,26,29). The van der Waals surface area contributed by atoms with E-state index in [0.29, 0.717) is 6.54 Å². The second kappa shape index (κ2) is 7.11. The molecular weight excluding hydrogens is 360 g/mol. The van der Waals surface area contributed by atoms with Crippen molar-refractivity contribution in [2.75, 3.05) is 6.54 Å². The van der Waals surface area contributed by atoms with E-state index in [1.807, 2.05) is 36.4 Å². The van der Waals surface area contributed by atoms with E-state index in [2.05, 4.69) is 46.1 Å². The average Bonchev–Trinajstić information content (AvgIpc) is 3.32. The molecule has 0 aliphatic heterocycles. The predicted octanol–water partition coefficient (Wildman–Crippen LogP) is 4.29. The molecule has 0 radical (unpaired) electrons. The van der Waals surface area contributed by atoms with Gasteiger partial charge in [-0.3, -0.25) is 4.57 Å². The number of nitrogens with two attached hydrogens (primary N) is 1. The zero-order chi connectivity index (χ0) is 19.8. The molecule has 5 heteroatoms. The fourth-order valence-electron chi connectivity index (χ4n) is 4.11. The van der Waals surface area contributed by atoms with Gasteiger partial charge in [-0.25, -0.2) is 4.79 Å². The molecule has 0 aliphatic rings. The number of fused-ring (bicyclic) bond motifs is 2. The highest BCUT2D eigenvalue weighted by atomic mass is 16.1. The summed E-state index contributed by atoms with van der Waals surface area (Å²) in [6.07, 6.45) is 4.84. The summed E-state index contributed by atoms with van der Waals surface area (Å²) in [5.74, 6) is 0. The van der Waals surface area contributed by atoms with Crippen molar-refractivity contribution in [2.45, 2.75) is 13.0 Å². The summed E-state index contributed by atoms with van der Waals surface area (Å²) in [5, 5.41) is 3.27. The number of para-hydroxylation sites is 1. The van der Waals surface area contributed by atoms with Crippen molar-refractivity contribution in [1.82, 2.24) is 14.1 Å². The molecule has 5 nitrogen and oxygen atoms in total. The number of rotatable bonds is 5. The van der Waals surface area contributed by atoms with Crippen LogP contribution in [0.2, 0.25) is 0 Å². The molecule has 0 aliphatic carbocycles. The molecule has 29 heavy (non-hydrogen) atoms. The Morgan fingerprint density at radius 3 is 2.52 bits per heavy atom. The van der Waals surface area contributed by atoms with E-state index in [-0.39, 0.29) is 5.69 Å². The number of H-pyrrole nitrogens is 1. The van der Waals surface area contributed by atoms with E-state index in [1.165, 1.54) is 0 Å². The van der Waals surface area contributed by atoms with E-state index in [9.17, 15) is 4.79 Å². The Bertz CT molecular complexity index is 1370. The predicted molar refractivity (Wildman–Crippen MR) is 118 cm³/mol. The third kappa shape index (κ3) is 2.87. The van der Waals surface area contributed by atoms with Crippen LogP contribution in [0.4, 0.5) is 0 Å². The van der Waals surface area contributed by atoms with Crippen LogP contribution in [0.5, 0.6) is 0 Å². The number of nitrogens with one attached hydrogen (secondary N) is 1. The summed E-state index contributed by atoms with van der Waals surface area (Å²) < 4.78 is 4.00. The number of aromatic amines is 1. The maximum atomic E-state index is 12.9. The Morgan fingerprint density at radius 2 is 1.66 bits per heavy atom. The van der Waals surface area contributed by atoms with Crippen LogP contribution in [0.1, 0.15) is 6.42 Å². The molecule has 5 rings (SSSR count). The number of benzene rings is 3. The monoisotopic (exact) mass is 382 g/mol. The lowest BCUT2D eigenvalue weighted by molar-refractivity contribution is 0.671. The van der Waals surface area contributed by atoms with Crippen molar-refractivity contribution in [2.24, 2.45) is 5.73 Å². The molecule has 0 fully saturated rings. The first-order chi connectivity index (χ1) is 14.3. The number of aromatic nitrogens is 3. The minimum atomic E-state index is -0.143. The summed E-state index contributed by atoms with van der Waals surface area (Å²) in [6.45, 7) is 1.49. The van der Waals surface area contributed by atoms with Gasteiger partial charge in [0.15, 0.2) is 0 Å². The largest absolute Gasteiger partial charge is 0.347 e. The first-order valence-corrected chi connectivity index (χ1v) is 9.85. The second-order valence-electron chi connectivity index (χ2n) is 7.21. The second-order valence-corrected chi connectivity index (χ2v) is 7.21. The van der Waals surface area contributed by atoms with Crippen LogP contribution in [0.3, 0.4) is 0 Å². The van der Waals surface area contributed by atoms with E-state index in [4.69, 9.17) is 5.73 Å². The van der Waals surface area contributed by atoms with Gasteiger partial charge in [0.2, 0.25) is 0 Å². The van der Waals surface area contributed by atoms with Crippen LogP contribution < -0.4 is 11.4 Å². The highest BCUT2D eigenvalue weighted by molar-refractivity contribution is 5.97.